The van der Waals surface area contributed by atoms with Gasteiger partial charge in [0.25, 0.3) is 11.5 Å². The Kier molecular flexibility index (Phi) is 5.51. The summed E-state index contributed by atoms with van der Waals surface area (Å²) in [7, 11) is 4.59. The van der Waals surface area contributed by atoms with Gasteiger partial charge in [-0.3, -0.25) is 18.7 Å². The van der Waals surface area contributed by atoms with Crippen molar-refractivity contribution in [2.45, 2.75) is 19.5 Å². The van der Waals surface area contributed by atoms with Crippen molar-refractivity contribution in [1.29, 1.82) is 0 Å². The highest BCUT2D eigenvalue weighted by atomic mass is 16.5. The normalized spacial score (nSPS) is 12.3. The van der Waals surface area contributed by atoms with E-state index in [9.17, 15) is 14.4 Å². The lowest BCUT2D eigenvalue weighted by Gasteiger charge is -2.16. The molecule has 2 aromatic heterocycles. The average Bonchev–Trinajstić information content (AvgIpc) is 3.05. The minimum atomic E-state index is -0.440. The zero-order valence-corrected chi connectivity index (χ0v) is 16.4. The first-order valence-corrected chi connectivity index (χ1v) is 8.98. The molecule has 0 aliphatic rings. The molecule has 1 atom stereocenters. The summed E-state index contributed by atoms with van der Waals surface area (Å²) >= 11 is 0. The molecule has 3 aromatic rings. The molecule has 1 amide bonds. The SMILES string of the molecule is COC[C@H](C)NC(=O)c1cc2c(=O)n(C)c(=O)n(C)c2n1Cc1ccccc1. The van der Waals surface area contributed by atoms with Gasteiger partial charge in [-0.1, -0.05) is 30.3 Å². The van der Waals surface area contributed by atoms with Crippen molar-refractivity contribution in [3.8, 4) is 0 Å². The third-order valence-electron chi connectivity index (χ3n) is 4.71. The molecule has 0 saturated heterocycles. The number of nitrogens with zero attached hydrogens (tertiary/aromatic N) is 3. The number of hydrogen-bond acceptors (Lipinski definition) is 4. The Morgan fingerprint density at radius 3 is 2.46 bits per heavy atom. The summed E-state index contributed by atoms with van der Waals surface area (Å²) in [5.74, 6) is -0.328. The number of fused-ring (bicyclic) bond motifs is 1. The van der Waals surface area contributed by atoms with Gasteiger partial charge in [-0.05, 0) is 18.6 Å². The van der Waals surface area contributed by atoms with E-state index in [2.05, 4.69) is 5.32 Å². The van der Waals surface area contributed by atoms with Crippen molar-refractivity contribution in [2.75, 3.05) is 13.7 Å². The molecule has 0 spiro atoms. The second-order valence-corrected chi connectivity index (χ2v) is 6.87. The second-order valence-electron chi connectivity index (χ2n) is 6.87. The summed E-state index contributed by atoms with van der Waals surface area (Å²) in [5, 5.41) is 3.20. The Labute approximate surface area is 162 Å². The molecule has 0 unspecified atom stereocenters. The van der Waals surface area contributed by atoms with E-state index >= 15 is 0 Å². The van der Waals surface area contributed by atoms with Crippen LogP contribution in [0, 0.1) is 0 Å². The van der Waals surface area contributed by atoms with Gasteiger partial charge in [-0.25, -0.2) is 4.79 Å². The van der Waals surface area contributed by atoms with Crippen LogP contribution in [0.15, 0.2) is 46.0 Å². The van der Waals surface area contributed by atoms with Crippen LogP contribution in [0.4, 0.5) is 0 Å². The van der Waals surface area contributed by atoms with Gasteiger partial charge in [0.05, 0.1) is 12.0 Å². The van der Waals surface area contributed by atoms with Crippen LogP contribution in [0.25, 0.3) is 11.0 Å². The minimum absolute atomic E-state index is 0.202. The molecule has 0 saturated carbocycles. The number of ether oxygens (including phenoxy) is 1. The molecule has 1 N–H and O–H groups in total. The quantitative estimate of drug-likeness (QED) is 0.683. The summed E-state index contributed by atoms with van der Waals surface area (Å²) in [6, 6.07) is 10.9. The molecule has 8 heteroatoms. The molecule has 0 radical (unpaired) electrons. The van der Waals surface area contributed by atoms with Crippen molar-refractivity contribution in [2.24, 2.45) is 14.1 Å². The average molecular weight is 384 g/mol. The highest BCUT2D eigenvalue weighted by Crippen LogP contribution is 2.18. The number of methoxy groups -OCH3 is 1. The zero-order chi connectivity index (χ0) is 20.4. The topological polar surface area (TPSA) is 87.3 Å². The zero-order valence-electron chi connectivity index (χ0n) is 16.4. The Morgan fingerprint density at radius 2 is 1.82 bits per heavy atom. The fraction of sp³-hybridized carbons (Fsp3) is 0.350. The summed E-state index contributed by atoms with van der Waals surface area (Å²) in [4.78, 5) is 38.0. The third kappa shape index (κ3) is 3.50. The minimum Gasteiger partial charge on any atom is -0.383 e. The van der Waals surface area contributed by atoms with Gasteiger partial charge in [0.1, 0.15) is 11.3 Å². The number of amides is 1. The summed E-state index contributed by atoms with van der Waals surface area (Å²) in [6.07, 6.45) is 0. The van der Waals surface area contributed by atoms with Crippen LogP contribution < -0.4 is 16.6 Å². The van der Waals surface area contributed by atoms with Gasteiger partial charge < -0.3 is 14.6 Å². The first kappa shape index (κ1) is 19.6. The molecule has 148 valence electrons. The van der Waals surface area contributed by atoms with E-state index in [0.717, 1.165) is 10.1 Å². The number of aryl methyl sites for hydroxylation is 1. The largest absolute Gasteiger partial charge is 0.383 e. The number of rotatable bonds is 6. The van der Waals surface area contributed by atoms with Gasteiger partial charge in [-0.2, -0.15) is 0 Å². The first-order valence-electron chi connectivity index (χ1n) is 8.98. The third-order valence-corrected chi connectivity index (χ3v) is 4.71. The van der Waals surface area contributed by atoms with Gasteiger partial charge in [0, 0.05) is 33.8 Å². The van der Waals surface area contributed by atoms with Crippen molar-refractivity contribution >= 4 is 16.9 Å². The van der Waals surface area contributed by atoms with Crippen molar-refractivity contribution in [1.82, 2.24) is 19.0 Å². The molecule has 2 heterocycles. The van der Waals surface area contributed by atoms with E-state index in [-0.39, 0.29) is 11.9 Å². The van der Waals surface area contributed by atoms with Crippen LogP contribution >= 0.6 is 0 Å². The number of carbonyl (C=O) groups is 1. The number of nitrogens with one attached hydrogen (secondary N) is 1. The summed E-state index contributed by atoms with van der Waals surface area (Å²) in [5.41, 5.74) is 0.822. The Balaban J connectivity index is 2.22. The molecule has 0 bridgehead atoms. The molecule has 1 aromatic carbocycles. The lowest BCUT2D eigenvalue weighted by Crippen LogP contribution is -2.38. The van der Waals surface area contributed by atoms with Crippen LogP contribution in [0.1, 0.15) is 23.0 Å². The van der Waals surface area contributed by atoms with Crippen LogP contribution in [0.3, 0.4) is 0 Å². The predicted molar refractivity (Wildman–Crippen MR) is 107 cm³/mol. The predicted octanol–water partition coefficient (Wildman–Crippen LogP) is 0.852. The Morgan fingerprint density at radius 1 is 1.14 bits per heavy atom. The lowest BCUT2D eigenvalue weighted by atomic mass is 10.2. The van der Waals surface area contributed by atoms with E-state index < -0.39 is 11.2 Å². The maximum Gasteiger partial charge on any atom is 0.332 e. The Bertz CT molecular complexity index is 1130. The molecule has 28 heavy (non-hydrogen) atoms. The number of aromatic nitrogens is 3. The van der Waals surface area contributed by atoms with Crippen LogP contribution in [-0.4, -0.2) is 39.4 Å². The number of hydrogen-bond donors (Lipinski definition) is 1. The van der Waals surface area contributed by atoms with E-state index in [1.54, 1.807) is 24.8 Å². The molecular weight excluding hydrogens is 360 g/mol. The van der Waals surface area contributed by atoms with Crippen LogP contribution in [0.5, 0.6) is 0 Å². The van der Waals surface area contributed by atoms with Crippen molar-refractivity contribution < 1.29 is 9.53 Å². The van der Waals surface area contributed by atoms with Gasteiger partial charge in [0.2, 0.25) is 0 Å². The van der Waals surface area contributed by atoms with Crippen molar-refractivity contribution in [3.63, 3.8) is 0 Å². The highest BCUT2D eigenvalue weighted by Gasteiger charge is 2.22. The van der Waals surface area contributed by atoms with Gasteiger partial charge in [0.15, 0.2) is 0 Å². The van der Waals surface area contributed by atoms with Crippen LogP contribution in [-0.2, 0) is 25.4 Å². The summed E-state index contributed by atoms with van der Waals surface area (Å²) < 4.78 is 9.23. The highest BCUT2D eigenvalue weighted by molar-refractivity contribution is 5.98. The van der Waals surface area contributed by atoms with E-state index in [1.807, 2.05) is 37.3 Å². The first-order chi connectivity index (χ1) is 13.3. The second kappa shape index (κ2) is 7.85. The van der Waals surface area contributed by atoms with Crippen molar-refractivity contribution in [3.05, 3.63) is 68.5 Å². The van der Waals surface area contributed by atoms with Crippen LogP contribution in [0.2, 0.25) is 0 Å². The van der Waals surface area contributed by atoms with Gasteiger partial charge in [-0.15, -0.1) is 0 Å². The molecular formula is C20H24N4O4. The molecule has 0 aliphatic heterocycles. The molecule has 0 fully saturated rings. The lowest BCUT2D eigenvalue weighted by molar-refractivity contribution is 0.0897. The smallest absolute Gasteiger partial charge is 0.332 e. The number of carbonyl (C=O) groups excluding carboxylic acids is 1. The van der Waals surface area contributed by atoms with E-state index in [1.165, 1.54) is 11.6 Å². The van der Waals surface area contributed by atoms with E-state index in [0.29, 0.717) is 29.9 Å². The maximum atomic E-state index is 12.9. The van der Waals surface area contributed by atoms with Gasteiger partial charge >= 0.3 is 5.69 Å². The standard InChI is InChI=1S/C20H24N4O4/c1-13(12-28-4)21-17(25)16-10-15-18(22(2)20(27)23(3)19(15)26)24(16)11-14-8-6-5-7-9-14/h5-10,13H,11-12H2,1-4H3,(H,21,25)/t13-/m0/s1. The monoisotopic (exact) mass is 384 g/mol. The fourth-order valence-corrected chi connectivity index (χ4v) is 3.34. The fourth-order valence-electron chi connectivity index (χ4n) is 3.34. The summed E-state index contributed by atoms with van der Waals surface area (Å²) in [6.45, 7) is 2.55. The molecule has 0 aliphatic carbocycles. The molecule has 8 nitrogen and oxygen atoms in total. The number of benzene rings is 1. The Hall–Kier alpha value is -3.13. The molecule has 3 rings (SSSR count). The maximum absolute atomic E-state index is 12.9. The van der Waals surface area contributed by atoms with E-state index in [4.69, 9.17) is 4.74 Å².